The highest BCUT2D eigenvalue weighted by Gasteiger charge is 2.21. The van der Waals surface area contributed by atoms with Crippen LogP contribution in [-0.2, 0) is 0 Å². The lowest BCUT2D eigenvalue weighted by Crippen LogP contribution is -2.16. The summed E-state index contributed by atoms with van der Waals surface area (Å²) in [5, 5.41) is 0. The lowest BCUT2D eigenvalue weighted by atomic mass is 10.1. The second-order valence-corrected chi connectivity index (χ2v) is 7.94. The summed E-state index contributed by atoms with van der Waals surface area (Å²) >= 11 is 0. The Kier molecular flexibility index (Phi) is 5.87. The Hall–Kier alpha value is -4.70. The Morgan fingerprint density at radius 3 is 0.794 bits per heavy atom. The highest BCUT2D eigenvalue weighted by molar-refractivity contribution is 5.97. The zero-order chi connectivity index (χ0) is 23.3. The van der Waals surface area contributed by atoms with Crippen LogP contribution < -0.4 is 21.3 Å². The number of hydrogen-bond donors (Lipinski definition) is 2. The zero-order valence-electron chi connectivity index (χ0n) is 18.8. The van der Waals surface area contributed by atoms with Crippen molar-refractivity contribution in [3.63, 3.8) is 0 Å². The van der Waals surface area contributed by atoms with Gasteiger partial charge in [-0.3, -0.25) is 0 Å². The first kappa shape index (κ1) is 21.2. The predicted octanol–water partition coefficient (Wildman–Crippen LogP) is 7.79. The monoisotopic (exact) mass is 442 g/mol. The normalized spacial score (nSPS) is 10.6. The summed E-state index contributed by atoms with van der Waals surface area (Å²) in [5.74, 6) is 0. The fourth-order valence-electron chi connectivity index (χ4n) is 4.17. The van der Waals surface area contributed by atoms with Gasteiger partial charge in [-0.1, -0.05) is 72.8 Å². The van der Waals surface area contributed by atoms with Crippen LogP contribution in [0.4, 0.5) is 45.5 Å². The van der Waals surface area contributed by atoms with Gasteiger partial charge >= 0.3 is 0 Å². The van der Waals surface area contributed by atoms with Crippen molar-refractivity contribution in [3.8, 4) is 0 Å². The SMILES string of the molecule is Nc1c(N(c2ccccc2)c2ccccc2)ccc(N(c2ccccc2)c2ccccc2)c1N. The molecule has 0 amide bonds. The van der Waals surface area contributed by atoms with E-state index in [4.69, 9.17) is 11.5 Å². The fourth-order valence-corrected chi connectivity index (χ4v) is 4.17. The molecule has 0 radical (unpaired) electrons. The largest absolute Gasteiger partial charge is 0.395 e. The predicted molar refractivity (Wildman–Crippen MR) is 145 cm³/mol. The third-order valence-corrected chi connectivity index (χ3v) is 5.78. The minimum Gasteiger partial charge on any atom is -0.395 e. The molecule has 0 aliphatic rings. The standard InChI is InChI=1S/C30H26N4/c31-29-27(33(23-13-5-1-6-14-23)24-15-7-2-8-16-24)21-22-28(30(29)32)34(25-17-9-3-10-18-25)26-19-11-4-12-20-26/h1-22H,31-32H2. The number of benzene rings is 5. The number of hydrogen-bond acceptors (Lipinski definition) is 4. The van der Waals surface area contributed by atoms with E-state index < -0.39 is 0 Å². The van der Waals surface area contributed by atoms with Gasteiger partial charge in [0, 0.05) is 22.7 Å². The Balaban J connectivity index is 1.67. The molecule has 0 saturated heterocycles. The topological polar surface area (TPSA) is 58.5 Å². The Morgan fingerprint density at radius 2 is 0.559 bits per heavy atom. The smallest absolute Gasteiger partial charge is 0.0814 e. The molecular weight excluding hydrogens is 416 g/mol. The van der Waals surface area contributed by atoms with Crippen LogP contribution in [-0.4, -0.2) is 0 Å². The number of nitrogens with zero attached hydrogens (tertiary/aromatic N) is 2. The molecule has 4 heteroatoms. The first-order valence-corrected chi connectivity index (χ1v) is 11.2. The van der Waals surface area contributed by atoms with Gasteiger partial charge < -0.3 is 21.3 Å². The van der Waals surface area contributed by atoms with Crippen LogP contribution >= 0.6 is 0 Å². The van der Waals surface area contributed by atoms with Crippen molar-refractivity contribution < 1.29 is 0 Å². The lowest BCUT2D eigenvalue weighted by Gasteiger charge is -2.31. The minimum atomic E-state index is 0.530. The molecule has 4 N–H and O–H groups in total. The number of anilines is 8. The molecule has 5 aromatic rings. The molecule has 0 aliphatic carbocycles. The quantitative estimate of drug-likeness (QED) is 0.264. The van der Waals surface area contributed by atoms with Gasteiger partial charge in [0.15, 0.2) is 0 Å². The van der Waals surface area contributed by atoms with E-state index in [9.17, 15) is 0 Å². The molecular formula is C30H26N4. The highest BCUT2D eigenvalue weighted by atomic mass is 15.2. The maximum Gasteiger partial charge on any atom is 0.0814 e. The van der Waals surface area contributed by atoms with Crippen molar-refractivity contribution in [1.29, 1.82) is 0 Å². The van der Waals surface area contributed by atoms with Crippen LogP contribution in [0.3, 0.4) is 0 Å². The summed E-state index contributed by atoms with van der Waals surface area (Å²) in [6.07, 6.45) is 0. The first-order chi connectivity index (χ1) is 16.7. The Morgan fingerprint density at radius 1 is 0.324 bits per heavy atom. The van der Waals surface area contributed by atoms with Crippen LogP contribution in [0.2, 0.25) is 0 Å². The highest BCUT2D eigenvalue weighted by Crippen LogP contribution is 2.46. The molecule has 0 heterocycles. The summed E-state index contributed by atoms with van der Waals surface area (Å²) in [7, 11) is 0. The maximum absolute atomic E-state index is 6.76. The summed E-state index contributed by atoms with van der Waals surface area (Å²) in [5.41, 5.74) is 20.3. The minimum absolute atomic E-state index is 0.530. The van der Waals surface area contributed by atoms with Gasteiger partial charge in [-0.2, -0.15) is 0 Å². The van der Waals surface area contributed by atoms with E-state index in [1.807, 2.05) is 84.9 Å². The fraction of sp³-hybridized carbons (Fsp3) is 0. The van der Waals surface area contributed by atoms with Gasteiger partial charge in [0.25, 0.3) is 0 Å². The Bertz CT molecular complexity index is 1170. The molecule has 166 valence electrons. The third kappa shape index (κ3) is 4.05. The van der Waals surface area contributed by atoms with Crippen molar-refractivity contribution >= 4 is 45.5 Å². The second kappa shape index (κ2) is 9.43. The summed E-state index contributed by atoms with van der Waals surface area (Å²) in [4.78, 5) is 4.26. The van der Waals surface area contributed by atoms with Gasteiger partial charge in [-0.05, 0) is 60.7 Å². The van der Waals surface area contributed by atoms with E-state index in [1.54, 1.807) is 0 Å². The molecule has 5 rings (SSSR count). The van der Waals surface area contributed by atoms with E-state index in [2.05, 4.69) is 58.3 Å². The molecule has 34 heavy (non-hydrogen) atoms. The van der Waals surface area contributed by atoms with E-state index in [0.717, 1.165) is 34.1 Å². The number of para-hydroxylation sites is 4. The van der Waals surface area contributed by atoms with Crippen molar-refractivity contribution in [2.24, 2.45) is 0 Å². The third-order valence-electron chi connectivity index (χ3n) is 5.78. The van der Waals surface area contributed by atoms with Crippen LogP contribution in [0, 0.1) is 0 Å². The zero-order valence-corrected chi connectivity index (χ0v) is 18.8. The van der Waals surface area contributed by atoms with Crippen molar-refractivity contribution in [1.82, 2.24) is 0 Å². The molecule has 5 aromatic carbocycles. The van der Waals surface area contributed by atoms with E-state index >= 15 is 0 Å². The molecule has 0 aromatic heterocycles. The number of rotatable bonds is 6. The van der Waals surface area contributed by atoms with Gasteiger partial charge in [0.2, 0.25) is 0 Å². The molecule has 0 atom stereocenters. The van der Waals surface area contributed by atoms with E-state index in [0.29, 0.717) is 11.4 Å². The van der Waals surface area contributed by atoms with Crippen LogP contribution in [0.25, 0.3) is 0 Å². The second-order valence-electron chi connectivity index (χ2n) is 7.94. The average molecular weight is 443 g/mol. The van der Waals surface area contributed by atoms with Gasteiger partial charge in [-0.15, -0.1) is 0 Å². The molecule has 0 fully saturated rings. The maximum atomic E-state index is 6.76. The van der Waals surface area contributed by atoms with Crippen molar-refractivity contribution in [2.75, 3.05) is 21.3 Å². The number of nitrogen functional groups attached to an aromatic ring is 2. The van der Waals surface area contributed by atoms with Crippen LogP contribution in [0.1, 0.15) is 0 Å². The molecule has 0 bridgehead atoms. The van der Waals surface area contributed by atoms with Crippen LogP contribution in [0.15, 0.2) is 133 Å². The molecule has 4 nitrogen and oxygen atoms in total. The molecule has 0 saturated carbocycles. The van der Waals surface area contributed by atoms with Gasteiger partial charge in [-0.25, -0.2) is 0 Å². The summed E-state index contributed by atoms with van der Waals surface area (Å²) < 4.78 is 0. The number of nitrogens with two attached hydrogens (primary N) is 2. The van der Waals surface area contributed by atoms with Crippen LogP contribution in [0.5, 0.6) is 0 Å². The summed E-state index contributed by atoms with van der Waals surface area (Å²) in [6, 6.07) is 44.8. The average Bonchev–Trinajstić information content (AvgIpc) is 2.91. The van der Waals surface area contributed by atoms with E-state index in [-0.39, 0.29) is 0 Å². The molecule has 0 unspecified atom stereocenters. The van der Waals surface area contributed by atoms with Gasteiger partial charge in [0.1, 0.15) is 0 Å². The Labute approximate surface area is 200 Å². The van der Waals surface area contributed by atoms with Gasteiger partial charge in [0.05, 0.1) is 22.7 Å². The summed E-state index contributed by atoms with van der Waals surface area (Å²) in [6.45, 7) is 0. The molecule has 0 aliphatic heterocycles. The lowest BCUT2D eigenvalue weighted by molar-refractivity contribution is 1.26. The first-order valence-electron chi connectivity index (χ1n) is 11.2. The molecule has 0 spiro atoms. The van der Waals surface area contributed by atoms with Crippen molar-refractivity contribution in [3.05, 3.63) is 133 Å². The van der Waals surface area contributed by atoms with Crippen molar-refractivity contribution in [2.45, 2.75) is 0 Å². The van der Waals surface area contributed by atoms with E-state index in [1.165, 1.54) is 0 Å².